The second-order valence-corrected chi connectivity index (χ2v) is 7.76. The first-order chi connectivity index (χ1) is 14.6. The van der Waals surface area contributed by atoms with E-state index in [-0.39, 0.29) is 21.7 Å². The molecule has 0 amide bonds. The average molecular weight is 462 g/mol. The molecule has 30 heavy (non-hydrogen) atoms. The quantitative estimate of drug-likeness (QED) is 0.614. The van der Waals surface area contributed by atoms with Crippen molar-refractivity contribution in [2.24, 2.45) is 0 Å². The molecule has 0 unspecified atom stereocenters. The third-order valence-corrected chi connectivity index (χ3v) is 5.85. The summed E-state index contributed by atoms with van der Waals surface area (Å²) >= 11 is 3.28. The van der Waals surface area contributed by atoms with Gasteiger partial charge in [0.15, 0.2) is 11.6 Å². The molecule has 1 aliphatic heterocycles. The lowest BCUT2D eigenvalue weighted by molar-refractivity contribution is 0.0983. The maximum Gasteiger partial charge on any atom is 0.211 e. The predicted octanol–water partition coefficient (Wildman–Crippen LogP) is 4.54. The number of rotatable bonds is 4. The van der Waals surface area contributed by atoms with E-state index in [4.69, 9.17) is 4.84 Å². The van der Waals surface area contributed by atoms with E-state index in [1.807, 2.05) is 12.1 Å². The summed E-state index contributed by atoms with van der Waals surface area (Å²) < 4.78 is 0.228. The van der Waals surface area contributed by atoms with Crippen molar-refractivity contribution in [3.8, 4) is 5.75 Å². The van der Waals surface area contributed by atoms with Crippen molar-refractivity contribution in [1.29, 1.82) is 0 Å². The number of hydrogen-bond acceptors (Lipinski definition) is 6. The van der Waals surface area contributed by atoms with Crippen molar-refractivity contribution < 1.29 is 14.4 Å². The first-order valence-corrected chi connectivity index (χ1v) is 10.3. The van der Waals surface area contributed by atoms with Crippen LogP contribution in [0.4, 0.5) is 11.5 Å². The molecule has 0 saturated carbocycles. The maximum absolute atomic E-state index is 12.9. The van der Waals surface area contributed by atoms with E-state index in [9.17, 15) is 9.59 Å². The number of halogens is 1. The lowest BCUT2D eigenvalue weighted by Gasteiger charge is -2.20. The molecule has 7 heteroatoms. The Morgan fingerprint density at radius 1 is 0.933 bits per heavy atom. The van der Waals surface area contributed by atoms with Gasteiger partial charge in [-0.25, -0.2) is 4.98 Å². The Morgan fingerprint density at radius 2 is 1.67 bits per heavy atom. The van der Waals surface area contributed by atoms with Crippen LogP contribution in [0.5, 0.6) is 5.75 Å². The minimum atomic E-state index is -0.225. The maximum atomic E-state index is 12.9. The average Bonchev–Trinajstić information content (AvgIpc) is 3.19. The number of benzene rings is 2. The molecule has 0 spiro atoms. The highest BCUT2D eigenvalue weighted by molar-refractivity contribution is 9.12. The molecule has 2 aromatic carbocycles. The molecule has 2 heterocycles. The summed E-state index contributed by atoms with van der Waals surface area (Å²) in [5.74, 6) is 1.05. The largest absolute Gasteiger partial charge is 0.378 e. The van der Waals surface area contributed by atoms with E-state index in [0.717, 1.165) is 24.3 Å². The molecule has 2 aliphatic rings. The van der Waals surface area contributed by atoms with E-state index >= 15 is 0 Å². The number of nitrogens with one attached hydrogen (secondary N) is 1. The fraction of sp³-hybridized carbons (Fsp3) is 0.0870. The van der Waals surface area contributed by atoms with E-state index in [1.54, 1.807) is 59.8 Å². The number of ketones is 2. The van der Waals surface area contributed by atoms with Crippen LogP contribution in [0.25, 0.3) is 0 Å². The zero-order valence-electron chi connectivity index (χ0n) is 15.8. The van der Waals surface area contributed by atoms with Crippen LogP contribution < -0.4 is 15.2 Å². The molecule has 1 aliphatic carbocycles. The molecule has 5 rings (SSSR count). The zero-order valence-corrected chi connectivity index (χ0v) is 17.3. The van der Waals surface area contributed by atoms with Crippen molar-refractivity contribution in [2.75, 3.05) is 16.9 Å². The van der Waals surface area contributed by atoms with E-state index < -0.39 is 0 Å². The molecule has 1 aromatic heterocycles. The van der Waals surface area contributed by atoms with Gasteiger partial charge in [0.25, 0.3) is 0 Å². The van der Waals surface area contributed by atoms with Crippen LogP contribution in [0.3, 0.4) is 0 Å². The molecule has 0 atom stereocenters. The smallest absolute Gasteiger partial charge is 0.211 e. The zero-order chi connectivity index (χ0) is 20.7. The monoisotopic (exact) mass is 461 g/mol. The predicted molar refractivity (Wildman–Crippen MR) is 117 cm³/mol. The summed E-state index contributed by atoms with van der Waals surface area (Å²) in [6.07, 6.45) is 2.64. The SMILES string of the molecule is O=C1C(Br)=C(Nc2ccc(ON3CCc4cccnc43)cc2)C(=O)c2ccccc21. The number of allylic oxidation sites excluding steroid dienone is 2. The number of carbonyl (C=O) groups is 2. The molecule has 0 radical (unpaired) electrons. The number of aromatic nitrogens is 1. The Morgan fingerprint density at radius 3 is 2.43 bits per heavy atom. The lowest BCUT2D eigenvalue weighted by atomic mass is 9.92. The first-order valence-electron chi connectivity index (χ1n) is 9.46. The van der Waals surface area contributed by atoms with Gasteiger partial charge in [0.1, 0.15) is 5.70 Å². The van der Waals surface area contributed by atoms with Gasteiger partial charge in [-0.05, 0) is 58.2 Å². The number of hydrogen-bond donors (Lipinski definition) is 1. The molecule has 3 aromatic rings. The van der Waals surface area contributed by atoms with Crippen molar-refractivity contribution in [3.05, 3.63) is 93.7 Å². The van der Waals surface area contributed by atoms with E-state index in [1.165, 1.54) is 0 Å². The van der Waals surface area contributed by atoms with Crippen LogP contribution >= 0.6 is 15.9 Å². The summed E-state index contributed by atoms with van der Waals surface area (Å²) in [6.45, 7) is 0.738. The summed E-state index contributed by atoms with van der Waals surface area (Å²) in [6, 6.07) is 18.0. The molecule has 1 N–H and O–H groups in total. The molecular formula is C23H16BrN3O3. The number of anilines is 2. The second-order valence-electron chi connectivity index (χ2n) is 6.97. The highest BCUT2D eigenvalue weighted by Gasteiger charge is 2.31. The Labute approximate surface area is 181 Å². The highest BCUT2D eigenvalue weighted by atomic mass is 79.9. The van der Waals surface area contributed by atoms with Crippen molar-refractivity contribution >= 4 is 39.0 Å². The summed E-state index contributed by atoms with van der Waals surface area (Å²) in [5, 5.41) is 4.84. The van der Waals surface area contributed by atoms with Gasteiger partial charge in [0.2, 0.25) is 11.6 Å². The summed E-state index contributed by atoms with van der Waals surface area (Å²) in [5.41, 5.74) is 2.87. The van der Waals surface area contributed by atoms with Gasteiger partial charge in [-0.2, -0.15) is 5.06 Å². The third-order valence-electron chi connectivity index (χ3n) is 5.09. The standard InChI is InChI=1S/C23H16BrN3O3/c24-19-20(22(29)18-6-2-1-5-17(18)21(19)28)26-15-7-9-16(10-8-15)30-27-13-11-14-4-3-12-25-23(14)27/h1-10,12,26H,11,13H2. The Bertz CT molecular complexity index is 1200. The Balaban J connectivity index is 1.34. The van der Waals surface area contributed by atoms with Crippen LogP contribution in [-0.2, 0) is 6.42 Å². The van der Waals surface area contributed by atoms with Crippen LogP contribution in [-0.4, -0.2) is 23.1 Å². The van der Waals surface area contributed by atoms with Crippen LogP contribution in [0.1, 0.15) is 26.3 Å². The fourth-order valence-corrected chi connectivity index (χ4v) is 4.09. The Hall–Kier alpha value is -3.45. The number of carbonyl (C=O) groups excluding carboxylic acids is 2. The second kappa shape index (κ2) is 7.42. The molecule has 148 valence electrons. The Kier molecular flexibility index (Phi) is 4.59. The molecule has 0 bridgehead atoms. The van der Waals surface area contributed by atoms with Gasteiger partial charge in [-0.3, -0.25) is 9.59 Å². The van der Waals surface area contributed by atoms with Crippen molar-refractivity contribution in [1.82, 2.24) is 4.98 Å². The lowest BCUT2D eigenvalue weighted by Crippen LogP contribution is -2.25. The number of hydroxylamine groups is 1. The summed E-state index contributed by atoms with van der Waals surface area (Å²) in [7, 11) is 0. The van der Waals surface area contributed by atoms with Gasteiger partial charge in [0, 0.05) is 23.0 Å². The highest BCUT2D eigenvalue weighted by Crippen LogP contribution is 2.31. The number of pyridine rings is 1. The number of fused-ring (bicyclic) bond motifs is 2. The van der Waals surface area contributed by atoms with E-state index in [0.29, 0.717) is 22.6 Å². The third kappa shape index (κ3) is 3.17. The van der Waals surface area contributed by atoms with Crippen molar-refractivity contribution in [2.45, 2.75) is 6.42 Å². The van der Waals surface area contributed by atoms with Crippen LogP contribution in [0, 0.1) is 0 Å². The van der Waals surface area contributed by atoms with Gasteiger partial charge in [0.05, 0.1) is 11.0 Å². The minimum Gasteiger partial charge on any atom is -0.378 e. The van der Waals surface area contributed by atoms with Crippen molar-refractivity contribution in [3.63, 3.8) is 0 Å². The molecule has 0 fully saturated rings. The first kappa shape index (κ1) is 18.6. The van der Waals surface area contributed by atoms with Gasteiger partial charge >= 0.3 is 0 Å². The number of nitrogens with zero attached hydrogens (tertiary/aromatic N) is 2. The number of Topliss-reactive ketones (excluding diaryl/α,β-unsaturated/α-hetero) is 2. The molecule has 0 saturated heterocycles. The normalized spacial score (nSPS) is 15.2. The van der Waals surface area contributed by atoms with Crippen LogP contribution in [0.2, 0.25) is 0 Å². The van der Waals surface area contributed by atoms with Crippen LogP contribution in [0.15, 0.2) is 77.0 Å². The molecule has 6 nitrogen and oxygen atoms in total. The minimum absolute atomic E-state index is 0.215. The van der Waals surface area contributed by atoms with Gasteiger partial charge in [-0.1, -0.05) is 30.3 Å². The molecular weight excluding hydrogens is 446 g/mol. The fourth-order valence-electron chi connectivity index (χ4n) is 3.59. The van der Waals surface area contributed by atoms with Gasteiger partial charge < -0.3 is 10.2 Å². The summed E-state index contributed by atoms with van der Waals surface area (Å²) in [4.78, 5) is 35.8. The van der Waals surface area contributed by atoms with Gasteiger partial charge in [-0.15, -0.1) is 0 Å². The topological polar surface area (TPSA) is 71.5 Å². The van der Waals surface area contributed by atoms with E-state index in [2.05, 4.69) is 26.2 Å².